The first-order valence-corrected chi connectivity index (χ1v) is 5.99. The fraction of sp³-hybridized carbons (Fsp3) is 0.0667. The van der Waals surface area contributed by atoms with Crippen LogP contribution in [0.5, 0.6) is 0 Å². The normalized spacial score (nSPS) is 10.2. The third-order valence-corrected chi connectivity index (χ3v) is 2.91. The van der Waals surface area contributed by atoms with Crippen LogP contribution in [-0.4, -0.2) is 17.0 Å². The Hall–Kier alpha value is -2.76. The van der Waals surface area contributed by atoms with Gasteiger partial charge in [-0.2, -0.15) is 0 Å². The SMILES string of the molecule is Cc1cc(F)ccc1C(=O)Nc1cccc(F)c1C(=O)O. The summed E-state index contributed by atoms with van der Waals surface area (Å²) < 4.78 is 26.5. The Kier molecular flexibility index (Phi) is 3.98. The molecule has 0 fully saturated rings. The number of carboxylic acid groups (broad SMARTS) is 1. The number of anilines is 1. The van der Waals surface area contributed by atoms with Gasteiger partial charge in [0.15, 0.2) is 0 Å². The summed E-state index contributed by atoms with van der Waals surface area (Å²) >= 11 is 0. The van der Waals surface area contributed by atoms with Crippen LogP contribution in [0.3, 0.4) is 0 Å². The number of carbonyl (C=O) groups excluding carboxylic acids is 1. The fourth-order valence-corrected chi connectivity index (χ4v) is 1.92. The molecule has 2 aromatic carbocycles. The Morgan fingerprint density at radius 1 is 1.14 bits per heavy atom. The van der Waals surface area contributed by atoms with Crippen molar-refractivity contribution < 1.29 is 23.5 Å². The Labute approximate surface area is 119 Å². The third kappa shape index (κ3) is 3.05. The molecule has 0 unspecified atom stereocenters. The van der Waals surface area contributed by atoms with Gasteiger partial charge in [-0.25, -0.2) is 13.6 Å². The monoisotopic (exact) mass is 291 g/mol. The van der Waals surface area contributed by atoms with E-state index in [1.54, 1.807) is 6.92 Å². The molecule has 2 rings (SSSR count). The molecule has 0 spiro atoms. The van der Waals surface area contributed by atoms with Gasteiger partial charge in [-0.3, -0.25) is 4.79 Å². The van der Waals surface area contributed by atoms with Gasteiger partial charge in [-0.15, -0.1) is 0 Å². The van der Waals surface area contributed by atoms with E-state index in [-0.39, 0.29) is 11.3 Å². The average molecular weight is 291 g/mol. The highest BCUT2D eigenvalue weighted by molar-refractivity contribution is 6.08. The van der Waals surface area contributed by atoms with Gasteiger partial charge in [-0.05, 0) is 42.8 Å². The number of halogens is 2. The highest BCUT2D eigenvalue weighted by Crippen LogP contribution is 2.20. The molecule has 0 aliphatic rings. The molecule has 6 heteroatoms. The number of aromatic carboxylic acids is 1. The van der Waals surface area contributed by atoms with Crippen molar-refractivity contribution >= 4 is 17.6 Å². The number of benzene rings is 2. The Morgan fingerprint density at radius 2 is 1.86 bits per heavy atom. The van der Waals surface area contributed by atoms with Crippen LogP contribution in [-0.2, 0) is 0 Å². The van der Waals surface area contributed by atoms with Crippen molar-refractivity contribution in [2.75, 3.05) is 5.32 Å². The van der Waals surface area contributed by atoms with E-state index in [9.17, 15) is 18.4 Å². The second kappa shape index (κ2) is 5.70. The van der Waals surface area contributed by atoms with Gasteiger partial charge in [0.1, 0.15) is 17.2 Å². The number of carboxylic acids is 1. The van der Waals surface area contributed by atoms with Crippen LogP contribution in [0.4, 0.5) is 14.5 Å². The number of rotatable bonds is 3. The van der Waals surface area contributed by atoms with Gasteiger partial charge in [0.25, 0.3) is 5.91 Å². The van der Waals surface area contributed by atoms with E-state index in [4.69, 9.17) is 5.11 Å². The predicted octanol–water partition coefficient (Wildman–Crippen LogP) is 3.22. The van der Waals surface area contributed by atoms with Gasteiger partial charge < -0.3 is 10.4 Å². The van der Waals surface area contributed by atoms with Crippen LogP contribution in [0, 0.1) is 18.6 Å². The lowest BCUT2D eigenvalue weighted by atomic mass is 10.1. The lowest BCUT2D eigenvalue weighted by Crippen LogP contribution is -2.16. The van der Waals surface area contributed by atoms with Crippen molar-refractivity contribution in [2.24, 2.45) is 0 Å². The Balaban J connectivity index is 2.36. The highest BCUT2D eigenvalue weighted by Gasteiger charge is 2.18. The summed E-state index contributed by atoms with van der Waals surface area (Å²) in [6.07, 6.45) is 0. The van der Waals surface area contributed by atoms with Crippen molar-refractivity contribution in [3.05, 3.63) is 64.7 Å². The van der Waals surface area contributed by atoms with Gasteiger partial charge in [0.2, 0.25) is 0 Å². The van der Waals surface area contributed by atoms with Crippen molar-refractivity contribution in [1.29, 1.82) is 0 Å². The summed E-state index contributed by atoms with van der Waals surface area (Å²) in [5.74, 6) is -3.56. The summed E-state index contributed by atoms with van der Waals surface area (Å²) in [5, 5.41) is 11.3. The zero-order chi connectivity index (χ0) is 15.6. The first kappa shape index (κ1) is 14.6. The topological polar surface area (TPSA) is 66.4 Å². The molecule has 0 bridgehead atoms. The molecule has 108 valence electrons. The van der Waals surface area contributed by atoms with E-state index in [0.29, 0.717) is 5.56 Å². The summed E-state index contributed by atoms with van der Waals surface area (Å²) in [6, 6.07) is 7.13. The molecule has 0 aromatic heterocycles. The van der Waals surface area contributed by atoms with Crippen LogP contribution >= 0.6 is 0 Å². The lowest BCUT2D eigenvalue weighted by Gasteiger charge is -2.10. The Bertz CT molecular complexity index is 729. The molecule has 0 saturated heterocycles. The highest BCUT2D eigenvalue weighted by atomic mass is 19.1. The molecule has 0 heterocycles. The quantitative estimate of drug-likeness (QED) is 0.912. The molecule has 21 heavy (non-hydrogen) atoms. The van der Waals surface area contributed by atoms with E-state index in [2.05, 4.69) is 5.32 Å². The summed E-state index contributed by atoms with van der Waals surface area (Å²) in [5.41, 5.74) is -0.209. The zero-order valence-corrected chi connectivity index (χ0v) is 11.0. The van der Waals surface area contributed by atoms with Crippen LogP contribution < -0.4 is 5.32 Å². The number of nitrogens with one attached hydrogen (secondary N) is 1. The van der Waals surface area contributed by atoms with E-state index < -0.39 is 29.1 Å². The molecular formula is C15H11F2NO3. The lowest BCUT2D eigenvalue weighted by molar-refractivity contribution is 0.0693. The zero-order valence-electron chi connectivity index (χ0n) is 11.0. The van der Waals surface area contributed by atoms with Crippen LogP contribution in [0.25, 0.3) is 0 Å². The third-order valence-electron chi connectivity index (χ3n) is 2.91. The minimum absolute atomic E-state index is 0.156. The molecule has 0 aliphatic heterocycles. The van der Waals surface area contributed by atoms with Gasteiger partial charge in [0.05, 0.1) is 5.69 Å². The molecule has 2 aromatic rings. The van der Waals surface area contributed by atoms with Crippen LogP contribution in [0.1, 0.15) is 26.3 Å². The molecule has 4 nitrogen and oxygen atoms in total. The minimum atomic E-state index is -1.49. The minimum Gasteiger partial charge on any atom is -0.478 e. The molecule has 0 aliphatic carbocycles. The number of aryl methyl sites for hydroxylation is 1. The maximum atomic E-state index is 13.5. The Morgan fingerprint density at radius 3 is 2.48 bits per heavy atom. The van der Waals surface area contributed by atoms with E-state index in [0.717, 1.165) is 12.1 Å². The van der Waals surface area contributed by atoms with Crippen molar-refractivity contribution in [1.82, 2.24) is 0 Å². The predicted molar refractivity (Wildman–Crippen MR) is 72.4 cm³/mol. The molecule has 2 N–H and O–H groups in total. The van der Waals surface area contributed by atoms with Crippen molar-refractivity contribution in [3.63, 3.8) is 0 Å². The van der Waals surface area contributed by atoms with Crippen molar-refractivity contribution in [3.8, 4) is 0 Å². The van der Waals surface area contributed by atoms with E-state index in [1.807, 2.05) is 0 Å². The second-order valence-corrected chi connectivity index (χ2v) is 4.38. The molecule has 0 radical (unpaired) electrons. The van der Waals surface area contributed by atoms with Crippen molar-refractivity contribution in [2.45, 2.75) is 6.92 Å². The first-order chi connectivity index (χ1) is 9.90. The van der Waals surface area contributed by atoms with Crippen LogP contribution in [0.15, 0.2) is 36.4 Å². The number of hydrogen-bond acceptors (Lipinski definition) is 2. The number of carbonyl (C=O) groups is 2. The molecule has 1 amide bonds. The van der Waals surface area contributed by atoms with Crippen LogP contribution in [0.2, 0.25) is 0 Å². The standard InChI is InChI=1S/C15H11F2NO3/c1-8-7-9(16)5-6-10(8)14(19)18-12-4-2-3-11(17)13(12)15(20)21/h2-7H,1H3,(H,18,19)(H,20,21). The van der Waals surface area contributed by atoms with E-state index in [1.165, 1.54) is 24.3 Å². The molecule has 0 atom stereocenters. The molecular weight excluding hydrogens is 280 g/mol. The number of amides is 1. The smallest absolute Gasteiger partial charge is 0.340 e. The maximum absolute atomic E-state index is 13.5. The van der Waals surface area contributed by atoms with Gasteiger partial charge >= 0.3 is 5.97 Å². The largest absolute Gasteiger partial charge is 0.478 e. The second-order valence-electron chi connectivity index (χ2n) is 4.38. The first-order valence-electron chi connectivity index (χ1n) is 5.99. The summed E-state index contributed by atoms with van der Waals surface area (Å²) in [6.45, 7) is 1.54. The average Bonchev–Trinajstić information content (AvgIpc) is 2.37. The van der Waals surface area contributed by atoms with Gasteiger partial charge in [0, 0.05) is 5.56 Å². The van der Waals surface area contributed by atoms with E-state index >= 15 is 0 Å². The maximum Gasteiger partial charge on any atom is 0.340 e. The summed E-state index contributed by atoms with van der Waals surface area (Å²) in [7, 11) is 0. The number of hydrogen-bond donors (Lipinski definition) is 2. The molecule has 0 saturated carbocycles. The van der Waals surface area contributed by atoms with Gasteiger partial charge in [-0.1, -0.05) is 6.07 Å². The fourth-order valence-electron chi connectivity index (χ4n) is 1.92. The summed E-state index contributed by atoms with van der Waals surface area (Å²) in [4.78, 5) is 23.1.